The second-order valence-electron chi connectivity index (χ2n) is 11.2. The number of nitrogens with one attached hydrogen (secondary N) is 1. The minimum atomic E-state index is -1.83. The zero-order valence-electron chi connectivity index (χ0n) is 20.3. The molecule has 0 bridgehead atoms. The Labute approximate surface area is 193 Å². The van der Waals surface area contributed by atoms with Crippen LogP contribution in [0.3, 0.4) is 0 Å². The molecule has 0 amide bonds. The fourth-order valence-corrected chi connectivity index (χ4v) is 5.80. The highest BCUT2D eigenvalue weighted by Crippen LogP contribution is 2.41. The van der Waals surface area contributed by atoms with Crippen LogP contribution >= 0.6 is 11.6 Å². The summed E-state index contributed by atoms with van der Waals surface area (Å²) in [5.41, 5.74) is 0.389. The molecule has 176 valence electrons. The van der Waals surface area contributed by atoms with Gasteiger partial charge in [0.1, 0.15) is 17.4 Å². The maximum atomic E-state index is 15.5. The Balaban J connectivity index is 1.73. The van der Waals surface area contributed by atoms with Crippen molar-refractivity contribution in [2.45, 2.75) is 96.1 Å². The summed E-state index contributed by atoms with van der Waals surface area (Å²) in [5.74, 6) is -0.00124. The van der Waals surface area contributed by atoms with Gasteiger partial charge in [0.15, 0.2) is 14.1 Å². The van der Waals surface area contributed by atoms with Crippen LogP contribution in [0.1, 0.15) is 60.3 Å². The molecule has 2 fully saturated rings. The van der Waals surface area contributed by atoms with Crippen LogP contribution in [-0.4, -0.2) is 45.7 Å². The lowest BCUT2D eigenvalue weighted by molar-refractivity contribution is 0.202. The molecule has 31 heavy (non-hydrogen) atoms. The maximum Gasteiger partial charge on any atom is 0.192 e. The molecule has 1 saturated heterocycles. The van der Waals surface area contributed by atoms with E-state index in [2.05, 4.69) is 57.9 Å². The average Bonchev–Trinajstić information content (AvgIpc) is 2.68. The fourth-order valence-electron chi connectivity index (χ4n) is 4.56. The Hall–Kier alpha value is -0.823. The molecule has 1 aliphatic carbocycles. The minimum absolute atomic E-state index is 0.0616. The van der Waals surface area contributed by atoms with Gasteiger partial charge >= 0.3 is 0 Å². The van der Waals surface area contributed by atoms with E-state index in [0.29, 0.717) is 30.7 Å². The number of nitrogens with zero attached hydrogens (tertiary/aromatic N) is 1. The van der Waals surface area contributed by atoms with E-state index in [4.69, 9.17) is 20.8 Å². The second kappa shape index (κ2) is 9.20. The first kappa shape index (κ1) is 24.8. The summed E-state index contributed by atoms with van der Waals surface area (Å²) in [4.78, 5) is 2.26. The van der Waals surface area contributed by atoms with Crippen molar-refractivity contribution in [3.63, 3.8) is 0 Å². The van der Waals surface area contributed by atoms with Crippen LogP contribution in [0.25, 0.3) is 0 Å². The van der Waals surface area contributed by atoms with E-state index < -0.39 is 8.32 Å². The average molecular weight is 471 g/mol. The number of benzene rings is 1. The first-order valence-electron chi connectivity index (χ1n) is 11.6. The number of halogens is 2. The number of ether oxygens (including phenoxy) is 1. The molecule has 7 heteroatoms. The number of fused-ring (bicyclic) bond motifs is 1. The quantitative estimate of drug-likeness (QED) is 0.386. The van der Waals surface area contributed by atoms with Crippen LogP contribution in [0.2, 0.25) is 23.2 Å². The van der Waals surface area contributed by atoms with Crippen LogP contribution in [0.5, 0.6) is 5.75 Å². The van der Waals surface area contributed by atoms with E-state index in [1.165, 1.54) is 12.8 Å². The van der Waals surface area contributed by atoms with Gasteiger partial charge in [0, 0.05) is 24.2 Å². The van der Waals surface area contributed by atoms with Crippen LogP contribution in [0.15, 0.2) is 12.1 Å². The monoisotopic (exact) mass is 470 g/mol. The van der Waals surface area contributed by atoms with E-state index in [9.17, 15) is 0 Å². The summed E-state index contributed by atoms with van der Waals surface area (Å²) in [6.07, 6.45) is 4.62. The Kier molecular flexibility index (Phi) is 7.36. The Morgan fingerprint density at radius 3 is 2.55 bits per heavy atom. The van der Waals surface area contributed by atoms with Crippen molar-refractivity contribution in [2.75, 3.05) is 24.7 Å². The zero-order chi connectivity index (χ0) is 23.0. The largest absolute Gasteiger partial charge is 0.490 e. The predicted octanol–water partition coefficient (Wildman–Crippen LogP) is 6.38. The summed E-state index contributed by atoms with van der Waals surface area (Å²) in [6, 6.07) is 4.34. The first-order valence-corrected chi connectivity index (χ1v) is 14.9. The van der Waals surface area contributed by atoms with Gasteiger partial charge in [0.25, 0.3) is 0 Å². The standard InChI is InChI=1S/C24H40ClFN2O2Si/c1-23(2,3)31(6,7)30-15-14-29-20-13-12-19(22(26)21(20)25)28-18-11-9-8-10-17(18)27-16-24(28,4)5/h12-13,17-18,27H,8-11,14-16H2,1-7H3. The predicted molar refractivity (Wildman–Crippen MR) is 131 cm³/mol. The molecule has 0 radical (unpaired) electrons. The lowest BCUT2D eigenvalue weighted by atomic mass is 9.82. The summed E-state index contributed by atoms with van der Waals surface area (Å²) >= 11 is 6.45. The van der Waals surface area contributed by atoms with Crippen molar-refractivity contribution in [1.29, 1.82) is 0 Å². The topological polar surface area (TPSA) is 33.7 Å². The molecule has 1 saturated carbocycles. The van der Waals surface area contributed by atoms with Crippen LogP contribution in [-0.2, 0) is 4.43 Å². The minimum Gasteiger partial charge on any atom is -0.490 e. The Bertz CT molecular complexity index is 782. The molecule has 3 rings (SSSR count). The molecule has 1 aromatic carbocycles. The molecular formula is C24H40ClFN2O2Si. The number of hydrogen-bond acceptors (Lipinski definition) is 4. The summed E-state index contributed by atoms with van der Waals surface area (Å²) in [5, 5.41) is 3.89. The van der Waals surface area contributed by atoms with Gasteiger partial charge in [-0.3, -0.25) is 0 Å². The van der Waals surface area contributed by atoms with Gasteiger partial charge < -0.3 is 19.4 Å². The molecule has 1 N–H and O–H groups in total. The Morgan fingerprint density at radius 2 is 1.87 bits per heavy atom. The van der Waals surface area contributed by atoms with Gasteiger partial charge in [-0.25, -0.2) is 4.39 Å². The lowest BCUT2D eigenvalue weighted by Gasteiger charge is -2.54. The molecule has 0 aromatic heterocycles. The third-order valence-electron chi connectivity index (χ3n) is 7.41. The highest BCUT2D eigenvalue weighted by Gasteiger charge is 2.43. The van der Waals surface area contributed by atoms with Crippen molar-refractivity contribution in [1.82, 2.24) is 5.32 Å². The van der Waals surface area contributed by atoms with Crippen LogP contribution in [0.4, 0.5) is 10.1 Å². The summed E-state index contributed by atoms with van der Waals surface area (Å²) in [6.45, 7) is 17.0. The highest BCUT2D eigenvalue weighted by molar-refractivity contribution is 6.74. The molecule has 1 aromatic rings. The van der Waals surface area contributed by atoms with Crippen molar-refractivity contribution < 1.29 is 13.6 Å². The molecular weight excluding hydrogens is 431 g/mol. The van der Waals surface area contributed by atoms with Crippen molar-refractivity contribution in [3.8, 4) is 5.75 Å². The van der Waals surface area contributed by atoms with E-state index in [1.54, 1.807) is 0 Å². The van der Waals surface area contributed by atoms with E-state index in [-0.39, 0.29) is 27.5 Å². The van der Waals surface area contributed by atoms with E-state index in [0.717, 1.165) is 19.4 Å². The number of piperazine rings is 1. The summed E-state index contributed by atoms with van der Waals surface area (Å²) in [7, 11) is -1.83. The van der Waals surface area contributed by atoms with Crippen molar-refractivity contribution >= 4 is 25.6 Å². The lowest BCUT2D eigenvalue weighted by Crippen LogP contribution is -2.68. The fraction of sp³-hybridized carbons (Fsp3) is 0.750. The second-order valence-corrected chi connectivity index (χ2v) is 16.4. The maximum absolute atomic E-state index is 15.5. The normalized spacial score (nSPS) is 24.1. The van der Waals surface area contributed by atoms with E-state index in [1.807, 2.05) is 12.1 Å². The third-order valence-corrected chi connectivity index (χ3v) is 12.3. The Morgan fingerprint density at radius 1 is 1.19 bits per heavy atom. The van der Waals surface area contributed by atoms with Gasteiger partial charge in [-0.2, -0.15) is 0 Å². The van der Waals surface area contributed by atoms with Crippen LogP contribution in [0, 0.1) is 5.82 Å². The number of hydrogen-bond donors (Lipinski definition) is 1. The van der Waals surface area contributed by atoms with E-state index >= 15 is 4.39 Å². The molecule has 0 spiro atoms. The van der Waals surface area contributed by atoms with Gasteiger partial charge in [-0.15, -0.1) is 0 Å². The molecule has 1 aliphatic heterocycles. The van der Waals surface area contributed by atoms with Crippen molar-refractivity contribution in [3.05, 3.63) is 23.0 Å². The number of rotatable bonds is 6. The third kappa shape index (κ3) is 5.23. The molecule has 2 atom stereocenters. The zero-order valence-corrected chi connectivity index (χ0v) is 22.0. The van der Waals surface area contributed by atoms with Gasteiger partial charge in [0.2, 0.25) is 0 Å². The van der Waals surface area contributed by atoms with Crippen LogP contribution < -0.4 is 15.0 Å². The molecule has 2 aliphatic rings. The molecule has 1 heterocycles. The van der Waals surface area contributed by atoms with Gasteiger partial charge in [0.05, 0.1) is 12.3 Å². The van der Waals surface area contributed by atoms with Gasteiger partial charge in [-0.1, -0.05) is 45.2 Å². The summed E-state index contributed by atoms with van der Waals surface area (Å²) < 4.78 is 27.5. The smallest absolute Gasteiger partial charge is 0.192 e. The molecule has 2 unspecified atom stereocenters. The number of anilines is 1. The van der Waals surface area contributed by atoms with Gasteiger partial charge in [-0.05, 0) is 57.0 Å². The highest BCUT2D eigenvalue weighted by atomic mass is 35.5. The van der Waals surface area contributed by atoms with Crippen molar-refractivity contribution in [2.24, 2.45) is 0 Å². The SMILES string of the molecule is CC1(C)CNC2CCCCC2N1c1ccc(OCCO[Si](C)(C)C(C)(C)C)c(Cl)c1F. The first-order chi connectivity index (χ1) is 14.3. The molecule has 4 nitrogen and oxygen atoms in total.